The summed E-state index contributed by atoms with van der Waals surface area (Å²) in [6.07, 6.45) is 0. The lowest BCUT2D eigenvalue weighted by Crippen LogP contribution is -2.42. The maximum Gasteiger partial charge on any atom is 0.257 e. The van der Waals surface area contributed by atoms with Gasteiger partial charge >= 0.3 is 0 Å². The van der Waals surface area contributed by atoms with E-state index < -0.39 is 0 Å². The van der Waals surface area contributed by atoms with Crippen LogP contribution in [0.2, 0.25) is 0 Å². The maximum absolute atomic E-state index is 12.7. The topological polar surface area (TPSA) is 61.4 Å². The molecule has 0 bridgehead atoms. The number of carbonyl (C=O) groups excluding carboxylic acids is 2. The van der Waals surface area contributed by atoms with E-state index in [1.54, 1.807) is 24.3 Å². The van der Waals surface area contributed by atoms with Gasteiger partial charge in [-0.2, -0.15) is 0 Å². The summed E-state index contributed by atoms with van der Waals surface area (Å²) in [5.74, 6) is -0.452. The van der Waals surface area contributed by atoms with Crippen LogP contribution in [0, 0.1) is 0 Å². The van der Waals surface area contributed by atoms with E-state index in [1.807, 2.05) is 65.6 Å². The molecule has 0 spiro atoms. The van der Waals surface area contributed by atoms with Gasteiger partial charge in [-0.05, 0) is 47.6 Å². The second-order valence-electron chi connectivity index (χ2n) is 6.85. The van der Waals surface area contributed by atoms with Gasteiger partial charge in [-0.25, -0.2) is 0 Å². The molecule has 30 heavy (non-hydrogen) atoms. The molecule has 2 N–H and O–H groups in total. The molecule has 0 aromatic heterocycles. The third kappa shape index (κ3) is 6.25. The molecule has 5 nitrogen and oxygen atoms in total. The summed E-state index contributed by atoms with van der Waals surface area (Å²) >= 11 is 5.57. The summed E-state index contributed by atoms with van der Waals surface area (Å²) < 4.78 is 0. The first-order valence-corrected chi connectivity index (χ1v) is 9.98. The molecule has 0 unspecified atom stereocenters. The van der Waals surface area contributed by atoms with Gasteiger partial charge in [0.15, 0.2) is 5.11 Å². The van der Waals surface area contributed by atoms with Crippen molar-refractivity contribution >= 4 is 34.8 Å². The number of nitrogens with zero attached hydrogens (tertiary/aromatic N) is 1. The number of thiocarbonyl (C=S) groups is 1. The number of rotatable bonds is 6. The van der Waals surface area contributed by atoms with E-state index in [0.717, 1.165) is 11.1 Å². The molecule has 0 saturated heterocycles. The van der Waals surface area contributed by atoms with Crippen LogP contribution in [0.25, 0.3) is 0 Å². The van der Waals surface area contributed by atoms with Gasteiger partial charge in [0.2, 0.25) is 5.91 Å². The van der Waals surface area contributed by atoms with Crippen molar-refractivity contribution in [3.63, 3.8) is 0 Å². The highest BCUT2D eigenvalue weighted by Gasteiger charge is 2.15. The Kier molecular flexibility index (Phi) is 7.29. The lowest BCUT2D eigenvalue weighted by Gasteiger charge is -2.26. The van der Waals surface area contributed by atoms with Crippen LogP contribution in [0.3, 0.4) is 0 Å². The van der Waals surface area contributed by atoms with E-state index in [-0.39, 0.29) is 11.8 Å². The van der Waals surface area contributed by atoms with E-state index in [1.165, 1.54) is 6.92 Å². The van der Waals surface area contributed by atoms with Crippen LogP contribution in [-0.4, -0.2) is 21.8 Å². The first-order chi connectivity index (χ1) is 14.5. The van der Waals surface area contributed by atoms with Crippen molar-refractivity contribution < 1.29 is 9.59 Å². The molecule has 3 aromatic carbocycles. The standard InChI is InChI=1S/C24H23N3O2S/c1-18(28)25-22-14-12-21(13-15-22)23(29)26-24(30)27(16-19-8-4-2-5-9-19)17-20-10-6-3-7-11-20/h2-15H,16-17H2,1H3,(H,25,28)(H,26,29,30). The van der Waals surface area contributed by atoms with Crippen LogP contribution in [0.4, 0.5) is 5.69 Å². The van der Waals surface area contributed by atoms with E-state index >= 15 is 0 Å². The molecule has 3 rings (SSSR count). The van der Waals surface area contributed by atoms with Crippen molar-refractivity contribution in [2.75, 3.05) is 5.32 Å². The molecule has 152 valence electrons. The molecule has 0 aliphatic carbocycles. The van der Waals surface area contributed by atoms with Gasteiger partial charge in [-0.1, -0.05) is 60.7 Å². The lowest BCUT2D eigenvalue weighted by atomic mass is 10.1. The quantitative estimate of drug-likeness (QED) is 0.585. The van der Waals surface area contributed by atoms with Gasteiger partial charge in [0.05, 0.1) is 0 Å². The Morgan fingerprint density at radius 2 is 1.30 bits per heavy atom. The van der Waals surface area contributed by atoms with Gasteiger partial charge in [0, 0.05) is 31.3 Å². The molecule has 0 radical (unpaired) electrons. The van der Waals surface area contributed by atoms with Gasteiger partial charge in [-0.15, -0.1) is 0 Å². The molecule has 0 saturated carbocycles. The Balaban J connectivity index is 1.71. The van der Waals surface area contributed by atoms with Crippen LogP contribution in [0.15, 0.2) is 84.9 Å². The summed E-state index contributed by atoms with van der Waals surface area (Å²) in [5, 5.41) is 5.87. The minimum absolute atomic E-state index is 0.161. The molecular formula is C24H23N3O2S. The second-order valence-corrected chi connectivity index (χ2v) is 7.23. The number of benzene rings is 3. The monoisotopic (exact) mass is 417 g/mol. The van der Waals surface area contributed by atoms with Crippen molar-refractivity contribution in [1.29, 1.82) is 0 Å². The molecule has 2 amide bonds. The van der Waals surface area contributed by atoms with Crippen LogP contribution in [0.5, 0.6) is 0 Å². The van der Waals surface area contributed by atoms with Crippen molar-refractivity contribution in [2.24, 2.45) is 0 Å². The van der Waals surface area contributed by atoms with Gasteiger partial charge < -0.3 is 10.2 Å². The van der Waals surface area contributed by atoms with Crippen molar-refractivity contribution in [3.8, 4) is 0 Å². The molecule has 0 aliphatic rings. The molecule has 0 heterocycles. The van der Waals surface area contributed by atoms with Crippen molar-refractivity contribution in [1.82, 2.24) is 10.2 Å². The number of carbonyl (C=O) groups is 2. The Labute approximate surface area is 181 Å². The van der Waals surface area contributed by atoms with E-state index in [0.29, 0.717) is 29.5 Å². The summed E-state index contributed by atoms with van der Waals surface area (Å²) in [4.78, 5) is 25.8. The van der Waals surface area contributed by atoms with Gasteiger partial charge in [0.25, 0.3) is 5.91 Å². The fourth-order valence-electron chi connectivity index (χ4n) is 2.96. The highest BCUT2D eigenvalue weighted by Crippen LogP contribution is 2.12. The number of anilines is 1. The summed E-state index contributed by atoms with van der Waals surface area (Å²) in [6.45, 7) is 2.60. The Bertz CT molecular complexity index is 964. The molecule has 0 fully saturated rings. The third-order valence-corrected chi connectivity index (χ3v) is 4.77. The van der Waals surface area contributed by atoms with Gasteiger partial charge in [0.1, 0.15) is 0 Å². The fourth-order valence-corrected chi connectivity index (χ4v) is 3.19. The lowest BCUT2D eigenvalue weighted by molar-refractivity contribution is -0.114. The molecule has 6 heteroatoms. The second kappa shape index (κ2) is 10.3. The normalized spacial score (nSPS) is 10.2. The smallest absolute Gasteiger partial charge is 0.257 e. The minimum Gasteiger partial charge on any atom is -0.340 e. The largest absolute Gasteiger partial charge is 0.340 e. The first-order valence-electron chi connectivity index (χ1n) is 9.57. The average Bonchev–Trinajstić information content (AvgIpc) is 2.75. The molecule has 3 aromatic rings. The predicted octanol–water partition coefficient (Wildman–Crippen LogP) is 4.36. The third-order valence-electron chi connectivity index (χ3n) is 4.41. The Morgan fingerprint density at radius 1 is 0.800 bits per heavy atom. The molecule has 0 atom stereocenters. The number of hydrogen-bond acceptors (Lipinski definition) is 3. The number of amides is 2. The van der Waals surface area contributed by atoms with E-state index in [9.17, 15) is 9.59 Å². The zero-order chi connectivity index (χ0) is 21.3. The highest BCUT2D eigenvalue weighted by atomic mass is 32.1. The predicted molar refractivity (Wildman–Crippen MR) is 123 cm³/mol. The molecular weight excluding hydrogens is 394 g/mol. The zero-order valence-electron chi connectivity index (χ0n) is 16.7. The van der Waals surface area contributed by atoms with E-state index in [2.05, 4.69) is 10.6 Å². The van der Waals surface area contributed by atoms with Crippen molar-refractivity contribution in [3.05, 3.63) is 102 Å². The fraction of sp³-hybridized carbons (Fsp3) is 0.125. The van der Waals surface area contributed by atoms with Gasteiger partial charge in [-0.3, -0.25) is 14.9 Å². The van der Waals surface area contributed by atoms with Crippen molar-refractivity contribution in [2.45, 2.75) is 20.0 Å². The first kappa shape index (κ1) is 21.2. The summed E-state index contributed by atoms with van der Waals surface area (Å²) in [7, 11) is 0. The zero-order valence-corrected chi connectivity index (χ0v) is 17.5. The van der Waals surface area contributed by atoms with Crippen LogP contribution in [0.1, 0.15) is 28.4 Å². The van der Waals surface area contributed by atoms with Crippen LogP contribution >= 0.6 is 12.2 Å². The van der Waals surface area contributed by atoms with Crippen LogP contribution < -0.4 is 10.6 Å². The number of hydrogen-bond donors (Lipinski definition) is 2. The average molecular weight is 418 g/mol. The van der Waals surface area contributed by atoms with E-state index in [4.69, 9.17) is 12.2 Å². The minimum atomic E-state index is -0.291. The summed E-state index contributed by atoms with van der Waals surface area (Å²) in [5.41, 5.74) is 3.30. The summed E-state index contributed by atoms with van der Waals surface area (Å²) in [6, 6.07) is 26.7. The Hall–Kier alpha value is -3.51. The number of nitrogens with one attached hydrogen (secondary N) is 2. The highest BCUT2D eigenvalue weighted by molar-refractivity contribution is 7.80. The Morgan fingerprint density at radius 3 is 1.77 bits per heavy atom. The maximum atomic E-state index is 12.7. The van der Waals surface area contributed by atoms with Crippen LogP contribution in [-0.2, 0) is 17.9 Å². The SMILES string of the molecule is CC(=O)Nc1ccc(C(=O)NC(=S)N(Cc2ccccc2)Cc2ccccc2)cc1. The molecule has 0 aliphatic heterocycles.